The Kier molecular flexibility index (Phi) is 4.19. The summed E-state index contributed by atoms with van der Waals surface area (Å²) >= 11 is 0. The largest absolute Gasteiger partial charge is 0.416 e. The lowest BCUT2D eigenvalue weighted by Crippen LogP contribution is -2.46. The maximum Gasteiger partial charge on any atom is 0.416 e. The van der Waals surface area contributed by atoms with Crippen molar-refractivity contribution in [3.8, 4) is 0 Å². The first-order chi connectivity index (χ1) is 15.8. The predicted octanol–water partition coefficient (Wildman–Crippen LogP) is 3.62. The van der Waals surface area contributed by atoms with Crippen LogP contribution < -0.4 is 5.73 Å². The third kappa shape index (κ3) is 3.05. The van der Waals surface area contributed by atoms with E-state index in [-0.39, 0.29) is 12.0 Å². The van der Waals surface area contributed by atoms with Crippen LogP contribution in [-0.2, 0) is 17.3 Å². The molecule has 0 saturated carbocycles. The van der Waals surface area contributed by atoms with E-state index in [0.29, 0.717) is 58.6 Å². The number of alkyl halides is 3. The van der Waals surface area contributed by atoms with Crippen LogP contribution in [0.1, 0.15) is 33.1 Å². The highest BCUT2D eigenvalue weighted by molar-refractivity contribution is 5.98. The van der Waals surface area contributed by atoms with Crippen molar-refractivity contribution < 1.29 is 22.7 Å². The number of aromatic nitrogens is 3. The smallest absolute Gasteiger partial charge is 0.382 e. The Labute approximate surface area is 185 Å². The summed E-state index contributed by atoms with van der Waals surface area (Å²) in [6.45, 7) is 0.670. The Morgan fingerprint density at radius 1 is 1.15 bits per heavy atom. The molecule has 7 nitrogen and oxygen atoms in total. The zero-order valence-electron chi connectivity index (χ0n) is 17.2. The number of ether oxygens (including phenoxy) is 1. The van der Waals surface area contributed by atoms with Gasteiger partial charge in [0, 0.05) is 18.5 Å². The number of imidazole rings is 1. The van der Waals surface area contributed by atoms with E-state index in [1.165, 1.54) is 12.1 Å². The van der Waals surface area contributed by atoms with Gasteiger partial charge in [-0.2, -0.15) is 13.2 Å². The number of benzene rings is 2. The molecule has 2 aliphatic rings. The normalized spacial score (nSPS) is 20.3. The van der Waals surface area contributed by atoms with Crippen LogP contribution in [0.5, 0.6) is 0 Å². The van der Waals surface area contributed by atoms with E-state index in [2.05, 4.69) is 9.97 Å². The van der Waals surface area contributed by atoms with E-state index in [4.69, 9.17) is 10.5 Å². The first-order valence-corrected chi connectivity index (χ1v) is 10.4. The van der Waals surface area contributed by atoms with Gasteiger partial charge in [-0.1, -0.05) is 6.07 Å². The number of anilines is 1. The number of morpholine rings is 1. The number of carbonyl (C=O) groups excluding carboxylic acids is 1. The minimum Gasteiger partial charge on any atom is -0.382 e. The molecule has 2 atom stereocenters. The van der Waals surface area contributed by atoms with Gasteiger partial charge in [-0.25, -0.2) is 9.97 Å². The highest BCUT2D eigenvalue weighted by Gasteiger charge is 2.43. The van der Waals surface area contributed by atoms with Crippen molar-refractivity contribution in [2.45, 2.75) is 24.7 Å². The molecule has 1 aliphatic heterocycles. The monoisotopic (exact) mass is 453 g/mol. The summed E-state index contributed by atoms with van der Waals surface area (Å²) in [5.41, 5.74) is 8.98. The van der Waals surface area contributed by atoms with E-state index < -0.39 is 17.8 Å². The molecule has 0 radical (unpaired) electrons. The summed E-state index contributed by atoms with van der Waals surface area (Å²) in [6.07, 6.45) is -1.23. The lowest BCUT2D eigenvalue weighted by molar-refractivity contribution is -0.137. The van der Waals surface area contributed by atoms with Crippen LogP contribution in [0, 0.1) is 0 Å². The van der Waals surface area contributed by atoms with Crippen molar-refractivity contribution in [2.75, 3.05) is 18.9 Å². The molecule has 2 N–H and O–H groups in total. The summed E-state index contributed by atoms with van der Waals surface area (Å²) in [4.78, 5) is 23.8. The molecule has 168 valence electrons. The van der Waals surface area contributed by atoms with Crippen LogP contribution in [0.15, 0.2) is 48.9 Å². The zero-order valence-corrected chi connectivity index (χ0v) is 17.2. The Balaban J connectivity index is 1.40. The fourth-order valence-corrected chi connectivity index (χ4v) is 4.94. The van der Waals surface area contributed by atoms with Crippen molar-refractivity contribution in [1.82, 2.24) is 19.3 Å². The van der Waals surface area contributed by atoms with Gasteiger partial charge in [0.2, 0.25) is 0 Å². The van der Waals surface area contributed by atoms with Crippen LogP contribution in [0.25, 0.3) is 16.6 Å². The van der Waals surface area contributed by atoms with E-state index >= 15 is 0 Å². The van der Waals surface area contributed by atoms with E-state index in [1.807, 2.05) is 0 Å². The first-order valence-electron chi connectivity index (χ1n) is 10.4. The van der Waals surface area contributed by atoms with Crippen LogP contribution in [0.4, 0.5) is 19.0 Å². The molecular formula is C23H18F3N5O2. The lowest BCUT2D eigenvalue weighted by atomic mass is 10.0. The van der Waals surface area contributed by atoms with Gasteiger partial charge in [-0.15, -0.1) is 0 Å². The van der Waals surface area contributed by atoms with E-state index in [0.717, 1.165) is 6.07 Å². The maximum absolute atomic E-state index is 13.6. The summed E-state index contributed by atoms with van der Waals surface area (Å²) in [7, 11) is 0. The Bertz CT molecular complexity index is 1430. The summed E-state index contributed by atoms with van der Waals surface area (Å²) in [5, 5.41) is 0. The third-order valence-corrected chi connectivity index (χ3v) is 6.45. The summed E-state index contributed by atoms with van der Waals surface area (Å²) in [5.74, 6) is 0.129. The van der Waals surface area contributed by atoms with Gasteiger partial charge in [0.05, 0.1) is 47.9 Å². The van der Waals surface area contributed by atoms with Crippen LogP contribution in [-0.4, -0.2) is 44.4 Å². The highest BCUT2D eigenvalue weighted by Crippen LogP contribution is 2.42. The molecule has 1 amide bonds. The second kappa shape index (κ2) is 6.92. The maximum atomic E-state index is 13.6. The number of hydrogen-bond acceptors (Lipinski definition) is 5. The molecule has 6 rings (SSSR count). The molecule has 0 spiro atoms. The van der Waals surface area contributed by atoms with Crippen molar-refractivity contribution in [2.24, 2.45) is 0 Å². The van der Waals surface area contributed by atoms with Gasteiger partial charge in [0.1, 0.15) is 11.3 Å². The number of amides is 1. The van der Waals surface area contributed by atoms with Gasteiger partial charge < -0.3 is 15.4 Å². The molecule has 4 aromatic rings. The molecular weight excluding hydrogens is 435 g/mol. The average molecular weight is 453 g/mol. The second-order valence-corrected chi connectivity index (χ2v) is 8.32. The minimum absolute atomic E-state index is 0.215. The fourth-order valence-electron chi connectivity index (χ4n) is 4.94. The first kappa shape index (κ1) is 20.0. The topological polar surface area (TPSA) is 85.8 Å². The van der Waals surface area contributed by atoms with Crippen molar-refractivity contribution in [3.05, 3.63) is 71.2 Å². The molecule has 1 saturated heterocycles. The Morgan fingerprint density at radius 3 is 2.82 bits per heavy atom. The van der Waals surface area contributed by atoms with Crippen LogP contribution in [0.3, 0.4) is 0 Å². The lowest BCUT2D eigenvalue weighted by Gasteiger charge is -2.38. The number of nitrogens with zero attached hydrogens (tertiary/aromatic N) is 4. The minimum atomic E-state index is -4.42. The number of carbonyl (C=O) groups is 1. The number of rotatable bonds is 1. The number of fused-ring (bicyclic) bond motifs is 6. The molecule has 2 unspecified atom stereocenters. The van der Waals surface area contributed by atoms with Gasteiger partial charge in [-0.3, -0.25) is 9.20 Å². The molecule has 1 fully saturated rings. The molecule has 0 bridgehead atoms. The number of nitrogen functional groups attached to an aromatic ring is 1. The van der Waals surface area contributed by atoms with Gasteiger partial charge >= 0.3 is 6.18 Å². The van der Waals surface area contributed by atoms with E-state index in [1.54, 1.807) is 40.0 Å². The Hall–Kier alpha value is -3.66. The summed E-state index contributed by atoms with van der Waals surface area (Å²) in [6, 6.07) is 8.44. The quantitative estimate of drug-likeness (QED) is 0.476. The highest BCUT2D eigenvalue weighted by atomic mass is 19.4. The molecule has 2 aromatic carbocycles. The second-order valence-electron chi connectivity index (χ2n) is 8.32. The zero-order chi connectivity index (χ0) is 22.9. The molecule has 2 aromatic heterocycles. The average Bonchev–Trinajstić information content (AvgIpc) is 3.43. The van der Waals surface area contributed by atoms with Crippen molar-refractivity contribution in [3.63, 3.8) is 0 Å². The number of halogens is 3. The van der Waals surface area contributed by atoms with Gasteiger partial charge in [0.25, 0.3) is 5.91 Å². The SMILES string of the molecule is Nc1nc2ccc(C(=O)N3CCOC4Cc5cc(C(F)(F)F)ccc5C43)cc2n2cncc12. The molecule has 3 heterocycles. The predicted molar refractivity (Wildman–Crippen MR) is 114 cm³/mol. The standard InChI is InChI=1S/C23H18F3N5O2/c24-23(25,26)14-2-3-15-13(7-14)9-19-20(15)30(5-6-33-19)22(32)12-1-4-16-17(8-12)31-11-28-10-18(31)21(27)29-16/h1-4,7-8,10-11,19-20H,5-6,9H2,(H2,27,29). The Morgan fingerprint density at radius 2 is 2.00 bits per heavy atom. The van der Waals surface area contributed by atoms with Crippen molar-refractivity contribution in [1.29, 1.82) is 0 Å². The van der Waals surface area contributed by atoms with E-state index in [9.17, 15) is 18.0 Å². The van der Waals surface area contributed by atoms with Gasteiger partial charge in [0.15, 0.2) is 0 Å². The van der Waals surface area contributed by atoms with Gasteiger partial charge in [-0.05, 0) is 41.5 Å². The number of hydrogen-bond donors (Lipinski definition) is 1. The molecule has 10 heteroatoms. The number of nitrogens with two attached hydrogens (primary N) is 1. The van der Waals surface area contributed by atoms with Crippen LogP contribution in [0.2, 0.25) is 0 Å². The van der Waals surface area contributed by atoms with Crippen LogP contribution >= 0.6 is 0 Å². The molecule has 1 aliphatic carbocycles. The molecule has 33 heavy (non-hydrogen) atoms. The summed E-state index contributed by atoms with van der Waals surface area (Å²) < 4.78 is 47.2. The third-order valence-electron chi connectivity index (χ3n) is 6.45. The fraction of sp³-hybridized carbons (Fsp3) is 0.261. The van der Waals surface area contributed by atoms with Crippen molar-refractivity contribution >= 4 is 28.3 Å².